The van der Waals surface area contributed by atoms with Gasteiger partial charge in [0, 0.05) is 5.69 Å². The van der Waals surface area contributed by atoms with E-state index in [1.165, 1.54) is 7.11 Å². The maximum atomic E-state index is 12.7. The van der Waals surface area contributed by atoms with Gasteiger partial charge in [-0.25, -0.2) is 4.79 Å². The first-order chi connectivity index (χ1) is 13.0. The number of esters is 1. The molecule has 0 saturated heterocycles. The molecule has 1 heterocycles. The zero-order valence-corrected chi connectivity index (χ0v) is 14.9. The smallest absolute Gasteiger partial charge is 0.337 e. The standard InChI is InChI=1S/C19H18N4O4/c1-3-16(23-18(25)14-6-4-5-7-15(14)21-22-23)17(24)20-13-10-8-12(9-11-13)19(26)27-2/h4-11,16H,3H2,1-2H3,(H,20,24)/t16-/m1/s1. The Bertz CT molecular complexity index is 1040. The number of hydrogen-bond acceptors (Lipinski definition) is 6. The van der Waals surface area contributed by atoms with Crippen molar-refractivity contribution in [3.8, 4) is 0 Å². The van der Waals surface area contributed by atoms with E-state index in [4.69, 9.17) is 0 Å². The maximum Gasteiger partial charge on any atom is 0.337 e. The van der Waals surface area contributed by atoms with Gasteiger partial charge in [0.25, 0.3) is 5.56 Å². The number of benzene rings is 2. The summed E-state index contributed by atoms with van der Waals surface area (Å²) in [6, 6.07) is 12.3. The molecule has 0 fully saturated rings. The lowest BCUT2D eigenvalue weighted by molar-refractivity contribution is -0.119. The summed E-state index contributed by atoms with van der Waals surface area (Å²) in [5.74, 6) is -0.854. The summed E-state index contributed by atoms with van der Waals surface area (Å²) >= 11 is 0. The minimum absolute atomic E-state index is 0.360. The van der Waals surface area contributed by atoms with Crippen molar-refractivity contribution in [1.29, 1.82) is 0 Å². The number of carbonyl (C=O) groups excluding carboxylic acids is 2. The third kappa shape index (κ3) is 3.69. The monoisotopic (exact) mass is 366 g/mol. The molecular weight excluding hydrogens is 348 g/mol. The first-order valence-corrected chi connectivity index (χ1v) is 8.38. The third-order valence-corrected chi connectivity index (χ3v) is 4.15. The fourth-order valence-corrected chi connectivity index (χ4v) is 2.71. The molecule has 1 N–H and O–H groups in total. The van der Waals surface area contributed by atoms with Crippen LogP contribution in [0.1, 0.15) is 29.7 Å². The molecule has 0 bridgehead atoms. The highest BCUT2D eigenvalue weighted by molar-refractivity contribution is 5.95. The van der Waals surface area contributed by atoms with Crippen molar-refractivity contribution in [2.45, 2.75) is 19.4 Å². The molecule has 8 heteroatoms. The molecule has 3 aromatic rings. The summed E-state index contributed by atoms with van der Waals surface area (Å²) < 4.78 is 5.74. The zero-order chi connectivity index (χ0) is 19.4. The summed E-state index contributed by atoms with van der Waals surface area (Å²) in [7, 11) is 1.30. The van der Waals surface area contributed by atoms with Crippen LogP contribution < -0.4 is 10.9 Å². The molecule has 0 saturated carbocycles. The number of aromatic nitrogens is 3. The van der Waals surface area contributed by atoms with Crippen LogP contribution in [-0.2, 0) is 9.53 Å². The first kappa shape index (κ1) is 18.2. The van der Waals surface area contributed by atoms with Gasteiger partial charge in [-0.05, 0) is 42.8 Å². The van der Waals surface area contributed by atoms with Gasteiger partial charge in [-0.15, -0.1) is 5.10 Å². The molecular formula is C19H18N4O4. The fourth-order valence-electron chi connectivity index (χ4n) is 2.71. The Labute approximate surface area is 154 Å². The van der Waals surface area contributed by atoms with Crippen molar-refractivity contribution in [2.75, 3.05) is 12.4 Å². The molecule has 138 valence electrons. The molecule has 1 amide bonds. The first-order valence-electron chi connectivity index (χ1n) is 8.38. The Morgan fingerprint density at radius 3 is 2.52 bits per heavy atom. The molecule has 1 atom stereocenters. The second-order valence-corrected chi connectivity index (χ2v) is 5.84. The normalized spacial score (nSPS) is 11.8. The number of carbonyl (C=O) groups is 2. The Morgan fingerprint density at radius 2 is 1.85 bits per heavy atom. The van der Waals surface area contributed by atoms with Crippen molar-refractivity contribution < 1.29 is 14.3 Å². The minimum Gasteiger partial charge on any atom is -0.465 e. The van der Waals surface area contributed by atoms with Crippen LogP contribution in [0.3, 0.4) is 0 Å². The second-order valence-electron chi connectivity index (χ2n) is 5.84. The summed E-state index contributed by atoms with van der Waals surface area (Å²) in [5, 5.41) is 11.1. The predicted octanol–water partition coefficient (Wildman–Crippen LogP) is 2.17. The number of hydrogen-bond donors (Lipinski definition) is 1. The SMILES string of the molecule is CC[C@H](C(=O)Nc1ccc(C(=O)OC)cc1)n1nnc2ccccc2c1=O. The molecule has 27 heavy (non-hydrogen) atoms. The van der Waals surface area contributed by atoms with Crippen molar-refractivity contribution >= 4 is 28.5 Å². The number of ether oxygens (including phenoxy) is 1. The Hall–Kier alpha value is -3.55. The number of anilines is 1. The number of amides is 1. The molecule has 1 aromatic heterocycles. The lowest BCUT2D eigenvalue weighted by Crippen LogP contribution is -2.35. The average Bonchev–Trinajstić information content (AvgIpc) is 2.70. The van der Waals surface area contributed by atoms with Gasteiger partial charge in [-0.2, -0.15) is 4.68 Å². The lowest BCUT2D eigenvalue weighted by Gasteiger charge is -2.16. The van der Waals surface area contributed by atoms with Gasteiger partial charge >= 0.3 is 5.97 Å². The van der Waals surface area contributed by atoms with Crippen LogP contribution >= 0.6 is 0 Å². The van der Waals surface area contributed by atoms with Crippen molar-refractivity contribution in [3.05, 3.63) is 64.4 Å². The Morgan fingerprint density at radius 1 is 1.15 bits per heavy atom. The van der Waals surface area contributed by atoms with E-state index in [-0.39, 0.29) is 5.56 Å². The largest absolute Gasteiger partial charge is 0.465 e. The van der Waals surface area contributed by atoms with Crippen LogP contribution in [0.25, 0.3) is 10.9 Å². The Kier molecular flexibility index (Phi) is 5.25. The number of nitrogens with zero attached hydrogens (tertiary/aromatic N) is 3. The zero-order valence-electron chi connectivity index (χ0n) is 14.9. The second kappa shape index (κ2) is 7.77. The van der Waals surface area contributed by atoms with E-state index < -0.39 is 17.9 Å². The maximum absolute atomic E-state index is 12.7. The van der Waals surface area contributed by atoms with Gasteiger partial charge in [0.05, 0.1) is 18.1 Å². The van der Waals surface area contributed by atoms with Crippen molar-refractivity contribution in [1.82, 2.24) is 15.0 Å². The van der Waals surface area contributed by atoms with E-state index in [1.807, 2.05) is 0 Å². The molecule has 0 aliphatic heterocycles. The molecule has 2 aromatic carbocycles. The highest BCUT2D eigenvalue weighted by atomic mass is 16.5. The summed E-state index contributed by atoms with van der Waals surface area (Å²) in [6.07, 6.45) is 0.360. The van der Waals surface area contributed by atoms with Crippen LogP contribution in [-0.4, -0.2) is 34.0 Å². The number of fused-ring (bicyclic) bond motifs is 1. The fraction of sp³-hybridized carbons (Fsp3) is 0.211. The molecule has 0 unspecified atom stereocenters. The van der Waals surface area contributed by atoms with Gasteiger partial charge in [0.15, 0.2) is 0 Å². The number of methoxy groups -OCH3 is 1. The number of rotatable bonds is 5. The van der Waals surface area contributed by atoms with Gasteiger partial charge in [-0.1, -0.05) is 24.3 Å². The Balaban J connectivity index is 1.85. The van der Waals surface area contributed by atoms with Gasteiger partial charge in [-0.3, -0.25) is 9.59 Å². The summed E-state index contributed by atoms with van der Waals surface area (Å²) in [4.78, 5) is 36.8. The molecule has 0 spiro atoms. The van der Waals surface area contributed by atoms with E-state index in [1.54, 1.807) is 55.5 Å². The topological polar surface area (TPSA) is 103 Å². The lowest BCUT2D eigenvalue weighted by atomic mass is 10.1. The van der Waals surface area contributed by atoms with E-state index in [2.05, 4.69) is 20.4 Å². The molecule has 8 nitrogen and oxygen atoms in total. The highest BCUT2D eigenvalue weighted by Gasteiger charge is 2.22. The summed E-state index contributed by atoms with van der Waals surface area (Å²) in [6.45, 7) is 1.79. The quantitative estimate of drug-likeness (QED) is 0.694. The van der Waals surface area contributed by atoms with Crippen LogP contribution in [0.2, 0.25) is 0 Å². The molecule has 3 rings (SSSR count). The van der Waals surface area contributed by atoms with E-state index in [0.29, 0.717) is 28.6 Å². The van der Waals surface area contributed by atoms with E-state index in [9.17, 15) is 14.4 Å². The molecule has 0 aliphatic carbocycles. The minimum atomic E-state index is -0.810. The highest BCUT2D eigenvalue weighted by Crippen LogP contribution is 2.15. The van der Waals surface area contributed by atoms with Gasteiger partial charge in [0.1, 0.15) is 11.6 Å². The van der Waals surface area contributed by atoms with E-state index in [0.717, 1.165) is 4.68 Å². The van der Waals surface area contributed by atoms with Crippen molar-refractivity contribution in [3.63, 3.8) is 0 Å². The number of nitrogens with one attached hydrogen (secondary N) is 1. The van der Waals surface area contributed by atoms with Crippen LogP contribution in [0, 0.1) is 0 Å². The van der Waals surface area contributed by atoms with E-state index >= 15 is 0 Å². The third-order valence-electron chi connectivity index (χ3n) is 4.15. The van der Waals surface area contributed by atoms with Crippen LogP contribution in [0.15, 0.2) is 53.3 Å². The molecule has 0 radical (unpaired) electrons. The predicted molar refractivity (Wildman–Crippen MR) is 99.5 cm³/mol. The van der Waals surface area contributed by atoms with Gasteiger partial charge in [0.2, 0.25) is 5.91 Å². The molecule has 0 aliphatic rings. The van der Waals surface area contributed by atoms with Gasteiger partial charge < -0.3 is 10.1 Å². The van der Waals surface area contributed by atoms with Crippen LogP contribution in [0.5, 0.6) is 0 Å². The van der Waals surface area contributed by atoms with Crippen LogP contribution in [0.4, 0.5) is 5.69 Å². The van der Waals surface area contributed by atoms with Crippen molar-refractivity contribution in [2.24, 2.45) is 0 Å². The summed E-state index contributed by atoms with van der Waals surface area (Å²) in [5.41, 5.74) is 0.975. The average molecular weight is 366 g/mol.